The molecule has 0 radical (unpaired) electrons. The number of imidazole rings is 1. The van der Waals surface area contributed by atoms with Crippen LogP contribution in [-0.2, 0) is 22.6 Å². The number of nitrogens with one attached hydrogen (secondary N) is 1. The lowest BCUT2D eigenvalue weighted by atomic mass is 10.2. The number of carbonyl (C=O) groups is 1. The number of benzene rings is 1. The molecule has 9 heteroatoms. The van der Waals surface area contributed by atoms with Crippen molar-refractivity contribution in [1.82, 2.24) is 14.5 Å². The first-order chi connectivity index (χ1) is 12.4. The van der Waals surface area contributed by atoms with Gasteiger partial charge in [0.1, 0.15) is 5.82 Å². The van der Waals surface area contributed by atoms with E-state index in [1.807, 2.05) is 5.32 Å². The van der Waals surface area contributed by atoms with E-state index < -0.39 is 12.1 Å². The Hall–Kier alpha value is -2.13. The summed E-state index contributed by atoms with van der Waals surface area (Å²) in [6, 6.07) is 4.65. The third kappa shape index (κ3) is 3.41. The van der Waals surface area contributed by atoms with Crippen LogP contribution >= 0.6 is 0 Å². The molecule has 1 atom stereocenters. The molecule has 26 heavy (non-hydrogen) atoms. The van der Waals surface area contributed by atoms with Gasteiger partial charge in [-0.15, -0.1) is 0 Å². The van der Waals surface area contributed by atoms with Crippen LogP contribution in [0.25, 0.3) is 11.0 Å². The highest BCUT2D eigenvalue weighted by atomic mass is 19.4. The summed E-state index contributed by atoms with van der Waals surface area (Å²) in [5.41, 5.74) is 1.53. The summed E-state index contributed by atoms with van der Waals surface area (Å²) in [6.45, 7) is 4.02. The molecule has 0 bridgehead atoms. The van der Waals surface area contributed by atoms with Crippen LogP contribution in [0.2, 0.25) is 0 Å². The fraction of sp³-hybridized carbons (Fsp3) is 0.529. The Morgan fingerprint density at radius 2 is 2.19 bits per heavy atom. The highest BCUT2D eigenvalue weighted by Crippen LogP contribution is 2.26. The molecule has 6 nitrogen and oxygen atoms in total. The second kappa shape index (κ2) is 6.55. The van der Waals surface area contributed by atoms with E-state index in [-0.39, 0.29) is 11.8 Å². The Labute approximate surface area is 147 Å². The number of aromatic nitrogens is 2. The van der Waals surface area contributed by atoms with Gasteiger partial charge < -0.3 is 14.6 Å². The predicted octanol–water partition coefficient (Wildman–Crippen LogP) is 2.53. The Morgan fingerprint density at radius 1 is 1.35 bits per heavy atom. The number of carbonyl (C=O) groups excluding carboxylic acids is 1. The predicted molar refractivity (Wildman–Crippen MR) is 88.7 cm³/mol. The van der Waals surface area contributed by atoms with Crippen LogP contribution in [-0.4, -0.2) is 52.3 Å². The van der Waals surface area contributed by atoms with Crippen molar-refractivity contribution in [1.29, 1.82) is 0 Å². The smallest absolute Gasteiger partial charge is 0.377 e. The van der Waals surface area contributed by atoms with E-state index >= 15 is 0 Å². The molecular formula is C17H19F3N4O2. The fourth-order valence-corrected chi connectivity index (χ4v) is 3.58. The van der Waals surface area contributed by atoms with E-state index in [1.54, 1.807) is 6.07 Å². The zero-order valence-electron chi connectivity index (χ0n) is 14.1. The number of halogens is 3. The molecule has 1 amide bonds. The largest absolute Gasteiger partial charge is 0.471 e. The van der Waals surface area contributed by atoms with Gasteiger partial charge >= 0.3 is 12.1 Å². The number of alkyl halides is 3. The van der Waals surface area contributed by atoms with E-state index in [4.69, 9.17) is 4.74 Å². The third-order valence-corrected chi connectivity index (χ3v) is 4.83. The normalized spacial score (nSPS) is 21.1. The van der Waals surface area contributed by atoms with Gasteiger partial charge in [-0.3, -0.25) is 9.69 Å². The van der Waals surface area contributed by atoms with E-state index in [0.29, 0.717) is 12.1 Å². The number of amides is 1. The summed E-state index contributed by atoms with van der Waals surface area (Å²) in [5, 5.41) is 1.87. The van der Waals surface area contributed by atoms with Gasteiger partial charge in [-0.25, -0.2) is 4.98 Å². The summed E-state index contributed by atoms with van der Waals surface area (Å²) >= 11 is 0. The Balaban J connectivity index is 1.51. The Kier molecular flexibility index (Phi) is 4.36. The van der Waals surface area contributed by atoms with Crippen molar-refractivity contribution in [2.24, 2.45) is 0 Å². The maximum atomic E-state index is 12.4. The number of hydrogen-bond donors (Lipinski definition) is 1. The Bertz CT molecular complexity index is 827. The van der Waals surface area contributed by atoms with E-state index in [2.05, 4.69) is 14.5 Å². The molecule has 1 unspecified atom stereocenters. The lowest BCUT2D eigenvalue weighted by Gasteiger charge is -2.29. The molecule has 2 aliphatic heterocycles. The molecule has 1 aromatic carbocycles. The van der Waals surface area contributed by atoms with Crippen molar-refractivity contribution >= 4 is 22.6 Å². The summed E-state index contributed by atoms with van der Waals surface area (Å²) in [5.74, 6) is -1.10. The third-order valence-electron chi connectivity index (χ3n) is 4.83. The molecule has 0 spiro atoms. The monoisotopic (exact) mass is 368 g/mol. The van der Waals surface area contributed by atoms with Gasteiger partial charge in [0.2, 0.25) is 0 Å². The lowest BCUT2D eigenvalue weighted by molar-refractivity contribution is -0.167. The molecular weight excluding hydrogens is 349 g/mol. The molecule has 4 rings (SSSR count). The number of anilines is 1. The van der Waals surface area contributed by atoms with Gasteiger partial charge in [0, 0.05) is 31.9 Å². The molecule has 0 aliphatic carbocycles. The topological polar surface area (TPSA) is 59.4 Å². The Morgan fingerprint density at radius 3 is 2.92 bits per heavy atom. The van der Waals surface area contributed by atoms with Crippen molar-refractivity contribution < 1.29 is 22.7 Å². The minimum absolute atomic E-state index is 0.0893. The fourth-order valence-electron chi connectivity index (χ4n) is 3.58. The first kappa shape index (κ1) is 17.3. The SMILES string of the molecule is O=C(Nc1ccc2c(c1)nc1n2CCN(CC2CCCO2)C1)C(F)(F)F. The van der Waals surface area contributed by atoms with E-state index in [0.717, 1.165) is 50.4 Å². The number of rotatable bonds is 3. The van der Waals surface area contributed by atoms with Gasteiger partial charge in [-0.05, 0) is 31.0 Å². The van der Waals surface area contributed by atoms with E-state index in [1.165, 1.54) is 12.1 Å². The number of fused-ring (bicyclic) bond motifs is 3. The number of hydrogen-bond acceptors (Lipinski definition) is 4. The second-order valence-corrected chi connectivity index (χ2v) is 6.71. The zero-order valence-corrected chi connectivity index (χ0v) is 14.1. The molecule has 2 aromatic rings. The van der Waals surface area contributed by atoms with Crippen LogP contribution in [0.3, 0.4) is 0 Å². The van der Waals surface area contributed by atoms with Crippen molar-refractivity contribution in [3.63, 3.8) is 0 Å². The molecule has 2 aliphatic rings. The van der Waals surface area contributed by atoms with Crippen LogP contribution < -0.4 is 5.32 Å². The average molecular weight is 368 g/mol. The molecule has 1 fully saturated rings. The quantitative estimate of drug-likeness (QED) is 0.905. The molecule has 0 saturated carbocycles. The molecule has 1 saturated heterocycles. The van der Waals surface area contributed by atoms with Crippen molar-refractivity contribution in [3.05, 3.63) is 24.0 Å². The van der Waals surface area contributed by atoms with Gasteiger partial charge in [0.15, 0.2) is 0 Å². The highest BCUT2D eigenvalue weighted by molar-refractivity contribution is 5.96. The maximum Gasteiger partial charge on any atom is 0.471 e. The summed E-state index contributed by atoms with van der Waals surface area (Å²) < 4.78 is 45.0. The van der Waals surface area contributed by atoms with Gasteiger partial charge in [-0.1, -0.05) is 0 Å². The molecule has 3 heterocycles. The van der Waals surface area contributed by atoms with Crippen LogP contribution in [0.15, 0.2) is 18.2 Å². The van der Waals surface area contributed by atoms with Crippen LogP contribution in [0.5, 0.6) is 0 Å². The van der Waals surface area contributed by atoms with Crippen molar-refractivity contribution in [2.75, 3.05) is 25.0 Å². The summed E-state index contributed by atoms with van der Waals surface area (Å²) in [4.78, 5) is 17.9. The molecule has 140 valence electrons. The summed E-state index contributed by atoms with van der Waals surface area (Å²) in [6.07, 6.45) is -2.46. The molecule has 1 aromatic heterocycles. The van der Waals surface area contributed by atoms with Crippen molar-refractivity contribution in [3.8, 4) is 0 Å². The van der Waals surface area contributed by atoms with Gasteiger partial charge in [0.05, 0.1) is 23.7 Å². The summed E-state index contributed by atoms with van der Waals surface area (Å²) in [7, 11) is 0. The highest BCUT2D eigenvalue weighted by Gasteiger charge is 2.38. The van der Waals surface area contributed by atoms with Gasteiger partial charge in [0.25, 0.3) is 0 Å². The molecule has 1 N–H and O–H groups in total. The van der Waals surface area contributed by atoms with Crippen molar-refractivity contribution in [2.45, 2.75) is 38.2 Å². The second-order valence-electron chi connectivity index (χ2n) is 6.71. The average Bonchev–Trinajstić information content (AvgIpc) is 3.20. The number of ether oxygens (including phenoxy) is 1. The number of nitrogens with zero attached hydrogens (tertiary/aromatic N) is 3. The van der Waals surface area contributed by atoms with E-state index in [9.17, 15) is 18.0 Å². The van der Waals surface area contributed by atoms with Crippen LogP contribution in [0.1, 0.15) is 18.7 Å². The standard InChI is InChI=1S/C17H19F3N4O2/c18-17(19,20)16(25)21-11-3-4-14-13(8-11)22-15-10-23(5-6-24(14)15)9-12-2-1-7-26-12/h3-4,8,12H,1-2,5-7,9-10H2,(H,21,25). The first-order valence-electron chi connectivity index (χ1n) is 8.61. The minimum atomic E-state index is -4.91. The maximum absolute atomic E-state index is 12.4. The first-order valence-corrected chi connectivity index (χ1v) is 8.61. The van der Waals surface area contributed by atoms with Gasteiger partial charge in [-0.2, -0.15) is 13.2 Å². The van der Waals surface area contributed by atoms with Crippen LogP contribution in [0.4, 0.5) is 18.9 Å². The van der Waals surface area contributed by atoms with Crippen LogP contribution in [0, 0.1) is 0 Å². The minimum Gasteiger partial charge on any atom is -0.377 e. The lowest BCUT2D eigenvalue weighted by Crippen LogP contribution is -2.38. The zero-order chi connectivity index (χ0) is 18.3.